The second kappa shape index (κ2) is 12.2. The molecule has 2 rings (SSSR count). The number of ether oxygens (including phenoxy) is 1. The number of guanidine groups is 1. The molecule has 0 atom stereocenters. The van der Waals surface area contributed by atoms with E-state index in [1.807, 2.05) is 11.5 Å². The molecule has 1 heterocycles. The smallest absolute Gasteiger partial charge is 0.387 e. The van der Waals surface area contributed by atoms with E-state index in [0.717, 1.165) is 12.2 Å². The molecule has 0 aliphatic heterocycles. The summed E-state index contributed by atoms with van der Waals surface area (Å²) in [7, 11) is 1.60. The largest absolute Gasteiger partial charge is 0.433 e. The number of aromatic nitrogens is 3. The average molecular weight is 549 g/mol. The van der Waals surface area contributed by atoms with Crippen LogP contribution in [0.1, 0.15) is 18.3 Å². The maximum atomic E-state index is 12.6. The fraction of sp³-hybridized carbons (Fsp3) is 0.438. The van der Waals surface area contributed by atoms with E-state index in [1.165, 1.54) is 12.1 Å². The Kier molecular flexibility index (Phi) is 10.8. The van der Waals surface area contributed by atoms with Gasteiger partial charge in [0.05, 0.1) is 5.02 Å². The molecule has 2 N–H and O–H groups in total. The maximum absolute atomic E-state index is 12.6. The van der Waals surface area contributed by atoms with Crippen molar-refractivity contribution < 1.29 is 13.5 Å². The molecular formula is C16H21Cl2F2IN6O. The Morgan fingerprint density at radius 2 is 2.07 bits per heavy atom. The first-order valence-electron chi connectivity index (χ1n) is 8.18. The Balaban J connectivity index is 0.00000392. The predicted octanol–water partition coefficient (Wildman–Crippen LogP) is 3.73. The van der Waals surface area contributed by atoms with E-state index in [2.05, 4.69) is 30.6 Å². The van der Waals surface area contributed by atoms with Crippen LogP contribution in [-0.2, 0) is 19.5 Å². The number of hydrogen-bond acceptors (Lipinski definition) is 4. The number of rotatable bonds is 8. The van der Waals surface area contributed by atoms with Crippen LogP contribution in [0.15, 0.2) is 23.5 Å². The summed E-state index contributed by atoms with van der Waals surface area (Å²) in [6, 6.07) is 2.86. The van der Waals surface area contributed by atoms with Crippen LogP contribution in [0.3, 0.4) is 0 Å². The Bertz CT molecular complexity index is 790. The highest BCUT2D eigenvalue weighted by molar-refractivity contribution is 14.0. The number of halogens is 5. The van der Waals surface area contributed by atoms with E-state index >= 15 is 0 Å². The van der Waals surface area contributed by atoms with Gasteiger partial charge in [-0.25, -0.2) is 0 Å². The maximum Gasteiger partial charge on any atom is 0.387 e. The minimum Gasteiger partial charge on any atom is -0.433 e. The van der Waals surface area contributed by atoms with E-state index < -0.39 is 6.61 Å². The van der Waals surface area contributed by atoms with Crippen molar-refractivity contribution in [3.63, 3.8) is 0 Å². The normalized spacial score (nSPS) is 11.3. The summed E-state index contributed by atoms with van der Waals surface area (Å²) in [6.07, 6.45) is 2.45. The van der Waals surface area contributed by atoms with Crippen LogP contribution in [0.2, 0.25) is 10.0 Å². The number of nitrogens with zero attached hydrogens (tertiary/aromatic N) is 4. The lowest BCUT2D eigenvalue weighted by Crippen LogP contribution is -2.38. The van der Waals surface area contributed by atoms with Crippen molar-refractivity contribution in [1.29, 1.82) is 0 Å². The van der Waals surface area contributed by atoms with Crippen molar-refractivity contribution in [2.45, 2.75) is 33.0 Å². The van der Waals surface area contributed by atoms with Crippen molar-refractivity contribution in [3.8, 4) is 5.75 Å². The molecule has 156 valence electrons. The van der Waals surface area contributed by atoms with Crippen LogP contribution in [0, 0.1) is 0 Å². The molecule has 1 aromatic carbocycles. The molecule has 0 amide bonds. The summed E-state index contributed by atoms with van der Waals surface area (Å²) in [5, 5.41) is 14.4. The molecule has 0 unspecified atom stereocenters. The fourth-order valence-electron chi connectivity index (χ4n) is 2.40. The third-order valence-corrected chi connectivity index (χ3v) is 4.12. The quantitative estimate of drug-likeness (QED) is 0.299. The molecule has 7 nitrogen and oxygen atoms in total. The number of benzene rings is 1. The van der Waals surface area contributed by atoms with Gasteiger partial charge in [-0.3, -0.25) is 4.99 Å². The van der Waals surface area contributed by atoms with E-state index in [9.17, 15) is 8.78 Å². The van der Waals surface area contributed by atoms with E-state index in [1.54, 1.807) is 13.4 Å². The summed E-state index contributed by atoms with van der Waals surface area (Å²) in [4.78, 5) is 4.10. The first-order valence-corrected chi connectivity index (χ1v) is 8.94. The number of alkyl halides is 2. The van der Waals surface area contributed by atoms with E-state index in [-0.39, 0.29) is 41.3 Å². The molecule has 0 fully saturated rings. The number of nitrogens with one attached hydrogen (secondary N) is 2. The number of aliphatic imine (C=N–C) groups is 1. The molecule has 0 aliphatic rings. The van der Waals surface area contributed by atoms with Crippen molar-refractivity contribution in [2.75, 3.05) is 13.6 Å². The molecule has 0 spiro atoms. The zero-order valence-electron chi connectivity index (χ0n) is 15.3. The summed E-state index contributed by atoms with van der Waals surface area (Å²) in [5.41, 5.74) is 0.392. The highest BCUT2D eigenvalue weighted by atomic mass is 127. The highest BCUT2D eigenvalue weighted by Gasteiger charge is 2.15. The van der Waals surface area contributed by atoms with Gasteiger partial charge in [-0.1, -0.05) is 30.1 Å². The van der Waals surface area contributed by atoms with Gasteiger partial charge in [0.25, 0.3) is 0 Å². The van der Waals surface area contributed by atoms with Crippen molar-refractivity contribution in [1.82, 2.24) is 25.4 Å². The Morgan fingerprint density at radius 1 is 1.32 bits per heavy atom. The zero-order valence-corrected chi connectivity index (χ0v) is 19.1. The molecule has 0 radical (unpaired) electrons. The van der Waals surface area contributed by atoms with Crippen LogP contribution >= 0.6 is 47.2 Å². The third-order valence-electron chi connectivity index (χ3n) is 3.62. The first-order chi connectivity index (χ1) is 12.9. The highest BCUT2D eigenvalue weighted by Crippen LogP contribution is 2.33. The van der Waals surface area contributed by atoms with Crippen molar-refractivity contribution >= 4 is 53.1 Å². The van der Waals surface area contributed by atoms with Crippen LogP contribution in [0.25, 0.3) is 0 Å². The second-order valence-electron chi connectivity index (χ2n) is 5.40. The molecule has 2 aromatic rings. The Hall–Kier alpha value is -1.40. The van der Waals surface area contributed by atoms with Crippen molar-refractivity contribution in [3.05, 3.63) is 39.9 Å². The summed E-state index contributed by atoms with van der Waals surface area (Å²) < 4.78 is 31.7. The van der Waals surface area contributed by atoms with Crippen LogP contribution in [0.4, 0.5) is 8.78 Å². The van der Waals surface area contributed by atoms with Gasteiger partial charge in [-0.15, -0.1) is 34.2 Å². The van der Waals surface area contributed by atoms with Gasteiger partial charge < -0.3 is 19.9 Å². The predicted molar refractivity (Wildman–Crippen MR) is 116 cm³/mol. The average Bonchev–Trinajstić information content (AvgIpc) is 3.07. The van der Waals surface area contributed by atoms with E-state index in [4.69, 9.17) is 23.2 Å². The van der Waals surface area contributed by atoms with Gasteiger partial charge in [0.1, 0.15) is 17.9 Å². The molecule has 1 aromatic heterocycles. The van der Waals surface area contributed by atoms with Crippen LogP contribution in [-0.4, -0.2) is 40.9 Å². The standard InChI is InChI=1S/C16H20Cl2F2N6O.HI/c1-3-13-25-24-9-26(13)5-4-22-16(21-2)23-8-10-6-11(17)7-12(18)14(10)27-15(19)20;/h6-7,9,15H,3-5,8H2,1-2H3,(H2,21,22,23);1H. The van der Waals surface area contributed by atoms with Crippen LogP contribution < -0.4 is 15.4 Å². The molecule has 0 aliphatic carbocycles. The molecular weight excluding hydrogens is 528 g/mol. The minimum atomic E-state index is -2.99. The minimum absolute atomic E-state index is 0. The van der Waals surface area contributed by atoms with Gasteiger partial charge in [0, 0.05) is 43.7 Å². The lowest BCUT2D eigenvalue weighted by atomic mass is 10.2. The topological polar surface area (TPSA) is 76.4 Å². The van der Waals surface area contributed by atoms with Gasteiger partial charge in [0.2, 0.25) is 0 Å². The Labute approximate surface area is 188 Å². The molecule has 0 saturated heterocycles. The lowest BCUT2D eigenvalue weighted by molar-refractivity contribution is -0.0504. The molecule has 0 bridgehead atoms. The van der Waals surface area contributed by atoms with Gasteiger partial charge in [-0.2, -0.15) is 8.78 Å². The monoisotopic (exact) mass is 548 g/mol. The summed E-state index contributed by atoms with van der Waals surface area (Å²) in [6.45, 7) is 0.385. The molecule has 0 saturated carbocycles. The SMILES string of the molecule is CCc1nncn1CCNC(=NC)NCc1cc(Cl)cc(Cl)c1OC(F)F.I. The van der Waals surface area contributed by atoms with E-state index in [0.29, 0.717) is 29.6 Å². The summed E-state index contributed by atoms with van der Waals surface area (Å²) >= 11 is 11.9. The van der Waals surface area contributed by atoms with Crippen molar-refractivity contribution in [2.24, 2.45) is 4.99 Å². The molecule has 12 heteroatoms. The number of aryl methyl sites for hydroxylation is 1. The number of hydrogen-bond donors (Lipinski definition) is 2. The fourth-order valence-corrected chi connectivity index (χ4v) is 2.98. The summed E-state index contributed by atoms with van der Waals surface area (Å²) in [5.74, 6) is 1.26. The van der Waals surface area contributed by atoms with Gasteiger partial charge in [-0.05, 0) is 12.1 Å². The zero-order chi connectivity index (χ0) is 19.8. The lowest BCUT2D eigenvalue weighted by Gasteiger charge is -2.16. The van der Waals surface area contributed by atoms with Gasteiger partial charge >= 0.3 is 6.61 Å². The third kappa shape index (κ3) is 7.21. The van der Waals surface area contributed by atoms with Gasteiger partial charge in [0.15, 0.2) is 5.96 Å². The molecule has 28 heavy (non-hydrogen) atoms. The Morgan fingerprint density at radius 3 is 2.71 bits per heavy atom. The first kappa shape index (κ1) is 24.6. The second-order valence-corrected chi connectivity index (χ2v) is 6.24. The van der Waals surface area contributed by atoms with Crippen LogP contribution in [0.5, 0.6) is 5.75 Å².